The lowest BCUT2D eigenvalue weighted by molar-refractivity contribution is -0.120. The number of ether oxygens (including phenoxy) is 1. The van der Waals surface area contributed by atoms with Crippen LogP contribution in [0.3, 0.4) is 0 Å². The minimum atomic E-state index is -0.0363. The smallest absolute Gasteiger partial charge is 0.224 e. The maximum Gasteiger partial charge on any atom is 0.224 e. The predicted octanol–water partition coefficient (Wildman–Crippen LogP) is 2.89. The van der Waals surface area contributed by atoms with Crippen LogP contribution in [0.4, 0.5) is 0 Å². The van der Waals surface area contributed by atoms with Gasteiger partial charge in [0, 0.05) is 29.8 Å². The largest absolute Gasteiger partial charge is 0.497 e. The number of hydrogen-bond acceptors (Lipinski definition) is 4. The van der Waals surface area contributed by atoms with Crippen LogP contribution >= 0.6 is 0 Å². The van der Waals surface area contributed by atoms with E-state index in [0.717, 1.165) is 34.0 Å². The van der Waals surface area contributed by atoms with E-state index in [4.69, 9.17) is 9.15 Å². The van der Waals surface area contributed by atoms with Crippen molar-refractivity contribution in [3.63, 3.8) is 0 Å². The summed E-state index contributed by atoms with van der Waals surface area (Å²) < 4.78 is 10.4. The molecular weight excluding hydrogens is 318 g/mol. The first-order valence-electron chi connectivity index (χ1n) is 8.14. The zero-order valence-electron chi connectivity index (χ0n) is 14.3. The maximum atomic E-state index is 12.3. The fraction of sp³-hybridized carbons (Fsp3) is 0.263. The van der Waals surface area contributed by atoms with Crippen LogP contribution in [0.2, 0.25) is 0 Å². The van der Waals surface area contributed by atoms with Gasteiger partial charge in [-0.25, -0.2) is 0 Å². The highest BCUT2D eigenvalue weighted by Crippen LogP contribution is 2.26. The van der Waals surface area contributed by atoms with Gasteiger partial charge in [-0.1, -0.05) is 0 Å². The summed E-state index contributed by atoms with van der Waals surface area (Å²) in [5, 5.41) is 10.2. The molecule has 1 aromatic carbocycles. The second kappa shape index (κ2) is 7.70. The molecule has 6 heteroatoms. The Hall–Kier alpha value is -3.02. The molecule has 1 amide bonds. The average Bonchev–Trinajstić information content (AvgIpc) is 3.26. The van der Waals surface area contributed by atoms with Crippen molar-refractivity contribution in [2.45, 2.75) is 19.8 Å². The first-order valence-corrected chi connectivity index (χ1v) is 8.14. The molecule has 0 spiro atoms. The number of aromatic nitrogens is 2. The molecule has 0 aliphatic rings. The van der Waals surface area contributed by atoms with Crippen molar-refractivity contribution in [2.75, 3.05) is 13.7 Å². The van der Waals surface area contributed by atoms with Crippen LogP contribution in [0.15, 0.2) is 47.1 Å². The van der Waals surface area contributed by atoms with E-state index in [9.17, 15) is 4.79 Å². The second-order valence-electron chi connectivity index (χ2n) is 5.76. The lowest BCUT2D eigenvalue weighted by atomic mass is 10.0. The van der Waals surface area contributed by atoms with Crippen LogP contribution in [0.25, 0.3) is 11.3 Å². The number of carbonyl (C=O) groups is 1. The molecule has 3 aromatic rings. The van der Waals surface area contributed by atoms with Crippen molar-refractivity contribution >= 4 is 5.91 Å². The average molecular weight is 339 g/mol. The van der Waals surface area contributed by atoms with Gasteiger partial charge in [0.25, 0.3) is 0 Å². The molecule has 0 aliphatic carbocycles. The molecule has 25 heavy (non-hydrogen) atoms. The molecule has 3 rings (SSSR count). The number of carbonyl (C=O) groups excluding carboxylic acids is 1. The third kappa shape index (κ3) is 4.09. The van der Waals surface area contributed by atoms with Crippen molar-refractivity contribution in [2.24, 2.45) is 0 Å². The van der Waals surface area contributed by atoms with E-state index in [1.807, 2.05) is 43.3 Å². The summed E-state index contributed by atoms with van der Waals surface area (Å²) in [7, 11) is 1.63. The van der Waals surface area contributed by atoms with E-state index in [0.29, 0.717) is 13.0 Å². The summed E-state index contributed by atoms with van der Waals surface area (Å²) in [5.74, 6) is 1.61. The van der Waals surface area contributed by atoms with Crippen molar-refractivity contribution < 1.29 is 13.9 Å². The molecule has 2 heterocycles. The minimum Gasteiger partial charge on any atom is -0.497 e. The number of hydrogen-bond donors (Lipinski definition) is 2. The fourth-order valence-electron chi connectivity index (χ4n) is 2.66. The molecule has 0 saturated carbocycles. The Labute approximate surface area is 146 Å². The Morgan fingerprint density at radius 1 is 1.28 bits per heavy atom. The van der Waals surface area contributed by atoms with E-state index in [1.54, 1.807) is 13.4 Å². The Bertz CT molecular complexity index is 820. The predicted molar refractivity (Wildman–Crippen MR) is 94.4 cm³/mol. The number of furan rings is 1. The van der Waals surface area contributed by atoms with Gasteiger partial charge in [0.1, 0.15) is 11.5 Å². The molecule has 0 unspecified atom stereocenters. The summed E-state index contributed by atoms with van der Waals surface area (Å²) >= 11 is 0. The molecule has 130 valence electrons. The lowest BCUT2D eigenvalue weighted by Gasteiger charge is -2.07. The summed E-state index contributed by atoms with van der Waals surface area (Å²) in [5.41, 5.74) is 3.54. The number of aromatic amines is 1. The summed E-state index contributed by atoms with van der Waals surface area (Å²) in [6.07, 6.45) is 2.59. The highest BCUT2D eigenvalue weighted by Gasteiger charge is 2.15. The van der Waals surface area contributed by atoms with Gasteiger partial charge in [0.15, 0.2) is 0 Å². The van der Waals surface area contributed by atoms with Gasteiger partial charge >= 0.3 is 0 Å². The standard InChI is InChI=1S/C19H21N3O3/c1-13-17(12-18(23)20-10-9-16-4-3-11-25-16)19(22-21-13)14-5-7-15(24-2)8-6-14/h3-8,11H,9-10,12H2,1-2H3,(H,20,23)(H,21,22). The molecule has 0 radical (unpaired) electrons. The monoisotopic (exact) mass is 339 g/mol. The van der Waals surface area contributed by atoms with Crippen molar-refractivity contribution in [1.82, 2.24) is 15.5 Å². The van der Waals surface area contributed by atoms with Crippen LogP contribution in [-0.4, -0.2) is 29.8 Å². The van der Waals surface area contributed by atoms with E-state index in [2.05, 4.69) is 15.5 Å². The molecule has 0 aliphatic heterocycles. The zero-order valence-corrected chi connectivity index (χ0v) is 14.3. The fourth-order valence-corrected chi connectivity index (χ4v) is 2.66. The molecule has 6 nitrogen and oxygen atoms in total. The topological polar surface area (TPSA) is 80.1 Å². The Morgan fingerprint density at radius 3 is 2.76 bits per heavy atom. The molecule has 2 aromatic heterocycles. The SMILES string of the molecule is COc1ccc(-c2n[nH]c(C)c2CC(=O)NCCc2ccco2)cc1. The van der Waals surface area contributed by atoms with Crippen molar-refractivity contribution in [3.05, 3.63) is 59.7 Å². The van der Waals surface area contributed by atoms with Crippen molar-refractivity contribution in [3.8, 4) is 17.0 Å². The highest BCUT2D eigenvalue weighted by atomic mass is 16.5. The Kier molecular flexibility index (Phi) is 5.18. The molecule has 0 saturated heterocycles. The maximum absolute atomic E-state index is 12.3. The number of aryl methyl sites for hydroxylation is 1. The van der Waals surface area contributed by atoms with Gasteiger partial charge in [0.05, 0.1) is 25.5 Å². The first kappa shape index (κ1) is 16.8. The van der Waals surface area contributed by atoms with Gasteiger partial charge in [-0.15, -0.1) is 0 Å². The molecule has 0 atom stereocenters. The number of rotatable bonds is 7. The van der Waals surface area contributed by atoms with Crippen molar-refractivity contribution in [1.29, 1.82) is 0 Å². The van der Waals surface area contributed by atoms with E-state index in [-0.39, 0.29) is 12.3 Å². The van der Waals surface area contributed by atoms with Crippen LogP contribution in [-0.2, 0) is 17.6 Å². The first-order chi connectivity index (χ1) is 12.2. The van der Waals surface area contributed by atoms with Gasteiger partial charge < -0.3 is 14.5 Å². The molecular formula is C19H21N3O3. The number of amides is 1. The molecule has 2 N–H and O–H groups in total. The van der Waals surface area contributed by atoms with Crippen LogP contribution in [0.1, 0.15) is 17.0 Å². The summed E-state index contributed by atoms with van der Waals surface area (Å²) in [6, 6.07) is 11.4. The third-order valence-corrected chi connectivity index (χ3v) is 4.05. The molecule has 0 bridgehead atoms. The normalized spacial score (nSPS) is 10.6. The summed E-state index contributed by atoms with van der Waals surface area (Å²) in [4.78, 5) is 12.3. The van der Waals surface area contributed by atoms with Gasteiger partial charge in [-0.2, -0.15) is 5.10 Å². The van der Waals surface area contributed by atoms with Crippen LogP contribution in [0, 0.1) is 6.92 Å². The van der Waals surface area contributed by atoms with Crippen LogP contribution in [0.5, 0.6) is 5.75 Å². The van der Waals surface area contributed by atoms with E-state index < -0.39 is 0 Å². The van der Waals surface area contributed by atoms with E-state index in [1.165, 1.54) is 0 Å². The number of nitrogens with one attached hydrogen (secondary N) is 2. The molecule has 0 fully saturated rings. The highest BCUT2D eigenvalue weighted by molar-refractivity contribution is 5.81. The second-order valence-corrected chi connectivity index (χ2v) is 5.76. The van der Waals surface area contributed by atoms with Gasteiger partial charge in [-0.05, 0) is 43.3 Å². The number of H-pyrrole nitrogens is 1. The van der Waals surface area contributed by atoms with Gasteiger partial charge in [0.2, 0.25) is 5.91 Å². The Balaban J connectivity index is 1.65. The quantitative estimate of drug-likeness (QED) is 0.694. The lowest BCUT2D eigenvalue weighted by Crippen LogP contribution is -2.27. The number of benzene rings is 1. The third-order valence-electron chi connectivity index (χ3n) is 4.05. The summed E-state index contributed by atoms with van der Waals surface area (Å²) in [6.45, 7) is 2.46. The number of methoxy groups -OCH3 is 1. The Morgan fingerprint density at radius 2 is 2.08 bits per heavy atom. The minimum absolute atomic E-state index is 0.0363. The number of nitrogens with zero attached hydrogens (tertiary/aromatic N) is 1. The zero-order chi connectivity index (χ0) is 17.6. The van der Waals surface area contributed by atoms with E-state index >= 15 is 0 Å². The van der Waals surface area contributed by atoms with Crippen LogP contribution < -0.4 is 10.1 Å². The van der Waals surface area contributed by atoms with Gasteiger partial charge in [-0.3, -0.25) is 9.89 Å².